The summed E-state index contributed by atoms with van der Waals surface area (Å²) in [6.07, 6.45) is -0.729. The highest BCUT2D eigenvalue weighted by Crippen LogP contribution is 2.17. The fraction of sp³-hybridized carbons (Fsp3) is 0.222. The number of benzene rings is 2. The zero-order valence-electron chi connectivity index (χ0n) is 13.4. The molecule has 23 heavy (non-hydrogen) atoms. The van der Waals surface area contributed by atoms with Crippen molar-refractivity contribution >= 4 is 11.8 Å². The summed E-state index contributed by atoms with van der Waals surface area (Å²) in [6.45, 7) is 5.61. The number of hydrogen-bond donors (Lipinski definition) is 2. The van der Waals surface area contributed by atoms with Gasteiger partial charge in [0.05, 0.1) is 0 Å². The Bertz CT molecular complexity index is 699. The third kappa shape index (κ3) is 4.57. The Morgan fingerprint density at radius 3 is 2.30 bits per heavy atom. The van der Waals surface area contributed by atoms with E-state index in [2.05, 4.69) is 10.9 Å². The van der Waals surface area contributed by atoms with Crippen LogP contribution in [0.2, 0.25) is 0 Å². The molecule has 1 unspecified atom stereocenters. The van der Waals surface area contributed by atoms with Crippen LogP contribution in [0.5, 0.6) is 5.75 Å². The fourth-order valence-corrected chi connectivity index (χ4v) is 1.93. The zero-order chi connectivity index (χ0) is 16.8. The van der Waals surface area contributed by atoms with E-state index in [1.165, 1.54) is 0 Å². The minimum Gasteiger partial charge on any atom is -0.481 e. The van der Waals surface area contributed by atoms with E-state index in [9.17, 15) is 9.59 Å². The molecule has 0 saturated heterocycles. The van der Waals surface area contributed by atoms with Gasteiger partial charge in [-0.25, -0.2) is 0 Å². The van der Waals surface area contributed by atoms with E-state index >= 15 is 0 Å². The summed E-state index contributed by atoms with van der Waals surface area (Å²) in [5.41, 5.74) is 7.45. The first-order valence-corrected chi connectivity index (χ1v) is 7.36. The van der Waals surface area contributed by atoms with E-state index in [0.29, 0.717) is 11.3 Å². The molecule has 0 heterocycles. The third-order valence-corrected chi connectivity index (χ3v) is 3.50. The van der Waals surface area contributed by atoms with Crippen molar-refractivity contribution in [3.63, 3.8) is 0 Å². The van der Waals surface area contributed by atoms with Gasteiger partial charge in [0, 0.05) is 5.56 Å². The molecule has 120 valence electrons. The topological polar surface area (TPSA) is 67.4 Å². The summed E-state index contributed by atoms with van der Waals surface area (Å²) < 4.78 is 5.59. The van der Waals surface area contributed by atoms with Gasteiger partial charge in [-0.1, -0.05) is 24.3 Å². The van der Waals surface area contributed by atoms with Gasteiger partial charge in [-0.3, -0.25) is 20.4 Å². The summed E-state index contributed by atoms with van der Waals surface area (Å²) in [5.74, 6) is -0.185. The molecule has 2 aromatic carbocycles. The number of nitrogens with one attached hydrogen (secondary N) is 2. The summed E-state index contributed by atoms with van der Waals surface area (Å²) in [6, 6.07) is 14.3. The number of carbonyl (C=O) groups excluding carboxylic acids is 2. The molecule has 0 aliphatic heterocycles. The van der Waals surface area contributed by atoms with Gasteiger partial charge in [0.2, 0.25) is 0 Å². The zero-order valence-corrected chi connectivity index (χ0v) is 13.4. The molecule has 2 N–H and O–H groups in total. The van der Waals surface area contributed by atoms with Crippen molar-refractivity contribution < 1.29 is 14.3 Å². The first-order valence-electron chi connectivity index (χ1n) is 7.36. The van der Waals surface area contributed by atoms with Crippen molar-refractivity contribution in [2.24, 2.45) is 0 Å². The van der Waals surface area contributed by atoms with E-state index in [1.807, 2.05) is 38.1 Å². The molecule has 1 atom stereocenters. The largest absolute Gasteiger partial charge is 0.481 e. The van der Waals surface area contributed by atoms with Crippen molar-refractivity contribution in [1.29, 1.82) is 0 Å². The number of hydrogen-bond acceptors (Lipinski definition) is 3. The van der Waals surface area contributed by atoms with Crippen molar-refractivity contribution in [3.8, 4) is 5.75 Å². The summed E-state index contributed by atoms with van der Waals surface area (Å²) in [7, 11) is 0. The second kappa shape index (κ2) is 7.45. The molecule has 2 amide bonds. The molecule has 0 aliphatic rings. The van der Waals surface area contributed by atoms with E-state index in [0.717, 1.165) is 11.1 Å². The number of ether oxygens (including phenoxy) is 1. The molecule has 0 radical (unpaired) electrons. The minimum absolute atomic E-state index is 0.377. The Kier molecular flexibility index (Phi) is 5.36. The van der Waals surface area contributed by atoms with Crippen LogP contribution in [0, 0.1) is 13.8 Å². The highest BCUT2D eigenvalue weighted by atomic mass is 16.5. The first kappa shape index (κ1) is 16.5. The normalized spacial score (nSPS) is 11.4. The Morgan fingerprint density at radius 2 is 1.65 bits per heavy atom. The lowest BCUT2D eigenvalue weighted by Crippen LogP contribution is -2.47. The van der Waals surface area contributed by atoms with E-state index in [-0.39, 0.29) is 5.91 Å². The standard InChI is InChI=1S/C18H20N2O3/c1-12-9-10-16(11-13(12)2)23-14(3)17(21)19-20-18(22)15-7-5-4-6-8-15/h4-11,14H,1-3H3,(H,19,21)(H,20,22). The molecule has 0 saturated carbocycles. The van der Waals surface area contributed by atoms with Gasteiger partial charge in [-0.15, -0.1) is 0 Å². The van der Waals surface area contributed by atoms with Gasteiger partial charge < -0.3 is 4.74 Å². The Balaban J connectivity index is 1.87. The SMILES string of the molecule is Cc1ccc(OC(C)C(=O)NNC(=O)c2ccccc2)cc1C. The summed E-state index contributed by atoms with van der Waals surface area (Å²) in [5, 5.41) is 0. The molecule has 0 spiro atoms. The van der Waals surface area contributed by atoms with E-state index in [1.54, 1.807) is 31.2 Å². The van der Waals surface area contributed by atoms with Crippen LogP contribution < -0.4 is 15.6 Å². The van der Waals surface area contributed by atoms with Crippen LogP contribution in [0.15, 0.2) is 48.5 Å². The number of aryl methyl sites for hydroxylation is 2. The van der Waals surface area contributed by atoms with Crippen LogP contribution >= 0.6 is 0 Å². The number of amides is 2. The van der Waals surface area contributed by atoms with Crippen LogP contribution in [0.3, 0.4) is 0 Å². The number of rotatable bonds is 4. The van der Waals surface area contributed by atoms with Gasteiger partial charge in [-0.05, 0) is 56.2 Å². The molecule has 0 bridgehead atoms. The maximum absolute atomic E-state index is 12.0. The molecule has 0 fully saturated rings. The molecule has 2 rings (SSSR count). The highest BCUT2D eigenvalue weighted by molar-refractivity contribution is 5.95. The average Bonchev–Trinajstić information content (AvgIpc) is 2.56. The lowest BCUT2D eigenvalue weighted by atomic mass is 10.1. The van der Waals surface area contributed by atoms with E-state index in [4.69, 9.17) is 4.74 Å². The smallest absolute Gasteiger partial charge is 0.279 e. The van der Waals surface area contributed by atoms with Gasteiger partial charge >= 0.3 is 0 Å². The molecule has 5 heteroatoms. The summed E-state index contributed by atoms with van der Waals surface area (Å²) in [4.78, 5) is 23.8. The lowest BCUT2D eigenvalue weighted by molar-refractivity contribution is -0.128. The minimum atomic E-state index is -0.729. The second-order valence-electron chi connectivity index (χ2n) is 5.32. The predicted molar refractivity (Wildman–Crippen MR) is 88.1 cm³/mol. The Morgan fingerprint density at radius 1 is 0.957 bits per heavy atom. The average molecular weight is 312 g/mol. The van der Waals surface area contributed by atoms with Crippen molar-refractivity contribution in [2.75, 3.05) is 0 Å². The molecular weight excluding hydrogens is 292 g/mol. The van der Waals surface area contributed by atoms with Crippen molar-refractivity contribution in [1.82, 2.24) is 10.9 Å². The van der Waals surface area contributed by atoms with Crippen LogP contribution in [0.1, 0.15) is 28.4 Å². The maximum Gasteiger partial charge on any atom is 0.279 e. The second-order valence-corrected chi connectivity index (χ2v) is 5.32. The highest BCUT2D eigenvalue weighted by Gasteiger charge is 2.16. The van der Waals surface area contributed by atoms with Gasteiger partial charge in [0.1, 0.15) is 5.75 Å². The molecule has 2 aromatic rings. The molecule has 0 aromatic heterocycles. The van der Waals surface area contributed by atoms with Crippen LogP contribution in [0.25, 0.3) is 0 Å². The van der Waals surface area contributed by atoms with Gasteiger partial charge in [0.15, 0.2) is 6.10 Å². The Hall–Kier alpha value is -2.82. The predicted octanol–water partition coefficient (Wildman–Crippen LogP) is 2.53. The maximum atomic E-state index is 12.0. The van der Waals surface area contributed by atoms with Crippen molar-refractivity contribution in [3.05, 3.63) is 65.2 Å². The molecular formula is C18H20N2O3. The van der Waals surface area contributed by atoms with Crippen LogP contribution in [0.4, 0.5) is 0 Å². The quantitative estimate of drug-likeness (QED) is 0.853. The van der Waals surface area contributed by atoms with Crippen molar-refractivity contribution in [2.45, 2.75) is 26.9 Å². The van der Waals surface area contributed by atoms with E-state index < -0.39 is 12.0 Å². The van der Waals surface area contributed by atoms with Gasteiger partial charge in [0.25, 0.3) is 11.8 Å². The summed E-state index contributed by atoms with van der Waals surface area (Å²) >= 11 is 0. The first-order chi connectivity index (χ1) is 11.0. The van der Waals surface area contributed by atoms with Crippen LogP contribution in [-0.2, 0) is 4.79 Å². The number of carbonyl (C=O) groups is 2. The monoisotopic (exact) mass is 312 g/mol. The fourth-order valence-electron chi connectivity index (χ4n) is 1.93. The molecule has 5 nitrogen and oxygen atoms in total. The molecule has 0 aliphatic carbocycles. The van der Waals surface area contributed by atoms with Gasteiger partial charge in [-0.2, -0.15) is 0 Å². The lowest BCUT2D eigenvalue weighted by Gasteiger charge is -2.16. The van der Waals surface area contributed by atoms with Crippen LogP contribution in [-0.4, -0.2) is 17.9 Å². The number of hydrazine groups is 1. The Labute approximate surface area is 135 Å². The third-order valence-electron chi connectivity index (χ3n) is 3.50.